The van der Waals surface area contributed by atoms with E-state index in [-0.39, 0.29) is 23.8 Å². The molecule has 1 aromatic rings. The van der Waals surface area contributed by atoms with E-state index in [2.05, 4.69) is 5.32 Å². The maximum Gasteiger partial charge on any atom is 0.249 e. The molecule has 136 valence electrons. The highest BCUT2D eigenvalue weighted by atomic mass is 16.2. The molecule has 0 aromatic heterocycles. The summed E-state index contributed by atoms with van der Waals surface area (Å²) in [4.78, 5) is 39.1. The zero-order valence-electron chi connectivity index (χ0n) is 15.0. The Labute approximate surface area is 149 Å². The van der Waals surface area contributed by atoms with Gasteiger partial charge in [-0.05, 0) is 31.4 Å². The molecule has 6 nitrogen and oxygen atoms in total. The van der Waals surface area contributed by atoms with Crippen molar-refractivity contribution in [3.8, 4) is 0 Å². The summed E-state index contributed by atoms with van der Waals surface area (Å²) in [6.07, 6.45) is 3.62. The average molecular weight is 345 g/mol. The number of carbonyl (C=O) groups is 3. The van der Waals surface area contributed by atoms with E-state index in [1.165, 1.54) is 6.92 Å². The molecule has 0 saturated carbocycles. The quantitative estimate of drug-likeness (QED) is 0.732. The lowest BCUT2D eigenvalue weighted by atomic mass is 10.1. The summed E-state index contributed by atoms with van der Waals surface area (Å²) < 4.78 is 0. The van der Waals surface area contributed by atoms with E-state index in [9.17, 15) is 14.4 Å². The van der Waals surface area contributed by atoms with E-state index in [4.69, 9.17) is 0 Å². The Bertz CT molecular complexity index is 603. The van der Waals surface area contributed by atoms with Gasteiger partial charge in [0.05, 0.1) is 0 Å². The van der Waals surface area contributed by atoms with Crippen LogP contribution in [-0.2, 0) is 14.4 Å². The molecular weight excluding hydrogens is 318 g/mol. The van der Waals surface area contributed by atoms with Crippen LogP contribution >= 0.6 is 0 Å². The van der Waals surface area contributed by atoms with Gasteiger partial charge in [0.15, 0.2) is 0 Å². The molecule has 3 amide bonds. The van der Waals surface area contributed by atoms with Gasteiger partial charge in [0, 0.05) is 39.2 Å². The van der Waals surface area contributed by atoms with Crippen molar-refractivity contribution in [3.05, 3.63) is 30.3 Å². The number of hydrogen-bond acceptors (Lipinski definition) is 3. The van der Waals surface area contributed by atoms with E-state index in [1.807, 2.05) is 30.3 Å². The van der Waals surface area contributed by atoms with Crippen LogP contribution in [0.1, 0.15) is 39.0 Å². The topological polar surface area (TPSA) is 69.7 Å². The number of hydrogen-bond donors (Lipinski definition) is 1. The third-order valence-corrected chi connectivity index (χ3v) is 4.55. The summed E-state index contributed by atoms with van der Waals surface area (Å²) in [6, 6.07) is 9.20. The first kappa shape index (κ1) is 19.0. The fraction of sp³-hybridized carbons (Fsp3) is 0.526. The second-order valence-corrected chi connectivity index (χ2v) is 6.43. The summed E-state index contributed by atoms with van der Waals surface area (Å²) >= 11 is 0. The maximum absolute atomic E-state index is 12.6. The first-order valence-corrected chi connectivity index (χ1v) is 8.87. The van der Waals surface area contributed by atoms with Crippen LogP contribution in [0.15, 0.2) is 30.3 Å². The van der Waals surface area contributed by atoms with Crippen LogP contribution in [0, 0.1) is 0 Å². The van der Waals surface area contributed by atoms with Crippen molar-refractivity contribution < 1.29 is 14.4 Å². The van der Waals surface area contributed by atoms with Gasteiger partial charge in [0.25, 0.3) is 0 Å². The molecule has 2 rings (SSSR count). The lowest BCUT2D eigenvalue weighted by molar-refractivity contribution is -0.136. The third-order valence-electron chi connectivity index (χ3n) is 4.55. The SMILES string of the molecule is CC(=O)NCCCCCC(=O)N(C)C1CCN(c2ccccc2)C1=O. The lowest BCUT2D eigenvalue weighted by Gasteiger charge is -2.24. The summed E-state index contributed by atoms with van der Waals surface area (Å²) in [5.74, 6) is -0.0287. The van der Waals surface area contributed by atoms with Crippen molar-refractivity contribution in [1.82, 2.24) is 10.2 Å². The number of likely N-dealkylation sites (N-methyl/N-ethyl adjacent to an activating group) is 1. The van der Waals surface area contributed by atoms with Gasteiger partial charge in [-0.2, -0.15) is 0 Å². The molecule has 1 heterocycles. The Morgan fingerprint density at radius 3 is 2.60 bits per heavy atom. The monoisotopic (exact) mass is 345 g/mol. The molecule has 0 radical (unpaired) electrons. The number of anilines is 1. The summed E-state index contributed by atoms with van der Waals surface area (Å²) in [5.41, 5.74) is 0.883. The summed E-state index contributed by atoms with van der Waals surface area (Å²) in [6.45, 7) is 2.78. The minimum Gasteiger partial charge on any atom is -0.356 e. The molecule has 1 N–H and O–H groups in total. The normalized spacial score (nSPS) is 16.8. The van der Waals surface area contributed by atoms with E-state index < -0.39 is 0 Å². The highest BCUT2D eigenvalue weighted by Gasteiger charge is 2.36. The van der Waals surface area contributed by atoms with Gasteiger partial charge in [-0.3, -0.25) is 14.4 Å². The molecule has 1 atom stereocenters. The van der Waals surface area contributed by atoms with Gasteiger partial charge in [-0.1, -0.05) is 24.6 Å². The number of rotatable bonds is 8. The van der Waals surface area contributed by atoms with Crippen molar-refractivity contribution in [1.29, 1.82) is 0 Å². The Morgan fingerprint density at radius 1 is 1.20 bits per heavy atom. The first-order chi connectivity index (χ1) is 12.0. The van der Waals surface area contributed by atoms with Crippen molar-refractivity contribution in [2.24, 2.45) is 0 Å². The number of amides is 3. The molecule has 0 aliphatic carbocycles. The van der Waals surface area contributed by atoms with Crippen molar-refractivity contribution in [2.45, 2.75) is 45.1 Å². The van der Waals surface area contributed by atoms with Gasteiger partial charge in [-0.15, -0.1) is 0 Å². The molecular formula is C19H27N3O3. The largest absolute Gasteiger partial charge is 0.356 e. The van der Waals surface area contributed by atoms with Crippen LogP contribution in [-0.4, -0.2) is 48.8 Å². The van der Waals surface area contributed by atoms with Crippen molar-refractivity contribution >= 4 is 23.4 Å². The minimum atomic E-state index is -0.368. The number of unbranched alkanes of at least 4 members (excludes halogenated alkanes) is 2. The molecule has 6 heteroatoms. The maximum atomic E-state index is 12.6. The first-order valence-electron chi connectivity index (χ1n) is 8.87. The van der Waals surface area contributed by atoms with Crippen LogP contribution in [0.3, 0.4) is 0 Å². The Balaban J connectivity index is 1.76. The second-order valence-electron chi connectivity index (χ2n) is 6.43. The van der Waals surface area contributed by atoms with Gasteiger partial charge in [-0.25, -0.2) is 0 Å². The number of para-hydroxylation sites is 1. The molecule has 1 saturated heterocycles. The van der Waals surface area contributed by atoms with Gasteiger partial charge in [0.2, 0.25) is 17.7 Å². The molecule has 1 fully saturated rings. The Kier molecular flexibility index (Phi) is 6.98. The minimum absolute atomic E-state index is 0.00675. The number of nitrogens with one attached hydrogen (secondary N) is 1. The average Bonchev–Trinajstić information content (AvgIpc) is 2.99. The lowest BCUT2D eigenvalue weighted by Crippen LogP contribution is -2.42. The smallest absolute Gasteiger partial charge is 0.249 e. The highest BCUT2D eigenvalue weighted by molar-refractivity contribution is 6.01. The van der Waals surface area contributed by atoms with Crippen LogP contribution in [0.2, 0.25) is 0 Å². The predicted octanol–water partition coefficient (Wildman–Crippen LogP) is 1.95. The molecule has 0 spiro atoms. The molecule has 1 aliphatic rings. The van der Waals surface area contributed by atoms with E-state index >= 15 is 0 Å². The van der Waals surface area contributed by atoms with E-state index in [0.29, 0.717) is 25.9 Å². The standard InChI is InChI=1S/C19H27N3O3/c1-15(23)20-13-8-4-7-11-18(24)21(2)17-12-14-22(19(17)25)16-9-5-3-6-10-16/h3,5-6,9-10,17H,4,7-8,11-14H2,1-2H3,(H,20,23). The number of benzene rings is 1. The van der Waals surface area contributed by atoms with E-state index in [1.54, 1.807) is 16.8 Å². The zero-order chi connectivity index (χ0) is 18.2. The highest BCUT2D eigenvalue weighted by Crippen LogP contribution is 2.24. The molecule has 1 aromatic carbocycles. The van der Waals surface area contributed by atoms with E-state index in [0.717, 1.165) is 24.9 Å². The number of nitrogens with zero attached hydrogens (tertiary/aromatic N) is 2. The molecule has 0 bridgehead atoms. The fourth-order valence-electron chi connectivity index (χ4n) is 3.08. The summed E-state index contributed by atoms with van der Waals surface area (Å²) in [5, 5.41) is 2.74. The van der Waals surface area contributed by atoms with Crippen LogP contribution in [0.4, 0.5) is 5.69 Å². The van der Waals surface area contributed by atoms with Crippen LogP contribution in [0.25, 0.3) is 0 Å². The van der Waals surface area contributed by atoms with Gasteiger partial charge in [0.1, 0.15) is 6.04 Å². The third kappa shape index (κ3) is 5.31. The molecule has 1 unspecified atom stereocenters. The summed E-state index contributed by atoms with van der Waals surface area (Å²) in [7, 11) is 1.72. The molecule has 1 aliphatic heterocycles. The predicted molar refractivity (Wildman–Crippen MR) is 97.1 cm³/mol. The second kappa shape index (κ2) is 9.20. The van der Waals surface area contributed by atoms with Crippen molar-refractivity contribution in [2.75, 3.05) is 25.0 Å². The van der Waals surface area contributed by atoms with Crippen LogP contribution in [0.5, 0.6) is 0 Å². The Morgan fingerprint density at radius 2 is 1.92 bits per heavy atom. The van der Waals surface area contributed by atoms with Crippen molar-refractivity contribution in [3.63, 3.8) is 0 Å². The molecule has 25 heavy (non-hydrogen) atoms. The van der Waals surface area contributed by atoms with Gasteiger partial charge >= 0.3 is 0 Å². The number of carbonyl (C=O) groups excluding carboxylic acids is 3. The Hall–Kier alpha value is -2.37. The zero-order valence-corrected chi connectivity index (χ0v) is 15.0. The van der Waals surface area contributed by atoms with Gasteiger partial charge < -0.3 is 15.1 Å². The van der Waals surface area contributed by atoms with Crippen LogP contribution < -0.4 is 10.2 Å². The fourth-order valence-corrected chi connectivity index (χ4v) is 3.08.